The molecule has 0 saturated heterocycles. The zero-order valence-electron chi connectivity index (χ0n) is 15.3. The maximum atomic E-state index is 12.7. The van der Waals surface area contributed by atoms with Crippen LogP contribution in [0, 0.1) is 0 Å². The molecule has 5 nitrogen and oxygen atoms in total. The molecule has 4 rings (SSSR count). The fraction of sp³-hybridized carbons (Fsp3) is 0.0952. The zero-order chi connectivity index (χ0) is 20.4. The minimum Gasteiger partial charge on any atom is -0.497 e. The van der Waals surface area contributed by atoms with Crippen LogP contribution in [0.2, 0.25) is 5.02 Å². The molecule has 1 unspecified atom stereocenters. The standard InChI is InChI=1S/C21H17ClN2O3S2/c1-27-15-8-6-13(7-9-15)18(14-10-11-28-12-14)24-21(26)19(20(25)23-24)29-17-5-3-2-4-16(17)22/h2-12,18,26H,1H3,(H,23,25). The summed E-state index contributed by atoms with van der Waals surface area (Å²) in [5.41, 5.74) is 1.48. The van der Waals surface area contributed by atoms with Crippen molar-refractivity contribution in [3.8, 4) is 11.6 Å². The van der Waals surface area contributed by atoms with Crippen LogP contribution >= 0.6 is 34.7 Å². The number of thiophene rings is 1. The number of H-pyrrole nitrogens is 1. The number of aromatic nitrogens is 2. The topological polar surface area (TPSA) is 67.2 Å². The van der Waals surface area contributed by atoms with Crippen molar-refractivity contribution in [2.24, 2.45) is 0 Å². The molecule has 1 atom stereocenters. The third-order valence-electron chi connectivity index (χ3n) is 4.46. The molecule has 0 aliphatic carbocycles. The number of nitrogens with zero attached hydrogens (tertiary/aromatic N) is 1. The number of benzene rings is 2. The Balaban J connectivity index is 1.79. The van der Waals surface area contributed by atoms with Gasteiger partial charge in [0.05, 0.1) is 12.1 Å². The smallest absolute Gasteiger partial charge is 0.282 e. The Labute approximate surface area is 180 Å². The van der Waals surface area contributed by atoms with Gasteiger partial charge < -0.3 is 9.84 Å². The normalized spacial score (nSPS) is 12.1. The monoisotopic (exact) mass is 444 g/mol. The minimum absolute atomic E-state index is 0.132. The number of methoxy groups -OCH3 is 1. The first-order valence-electron chi connectivity index (χ1n) is 8.70. The van der Waals surface area contributed by atoms with E-state index in [4.69, 9.17) is 16.3 Å². The van der Waals surface area contributed by atoms with E-state index in [1.165, 1.54) is 4.68 Å². The molecule has 0 saturated carbocycles. The third kappa shape index (κ3) is 3.94. The second kappa shape index (κ2) is 8.41. The highest BCUT2D eigenvalue weighted by Gasteiger charge is 2.25. The Hall–Kier alpha value is -2.61. The van der Waals surface area contributed by atoms with Crippen LogP contribution in [0.25, 0.3) is 0 Å². The Morgan fingerprint density at radius 3 is 2.55 bits per heavy atom. The highest BCUT2D eigenvalue weighted by atomic mass is 35.5. The number of nitrogens with one attached hydrogen (secondary N) is 1. The molecule has 0 spiro atoms. The van der Waals surface area contributed by atoms with Gasteiger partial charge >= 0.3 is 0 Å². The van der Waals surface area contributed by atoms with Crippen LogP contribution in [0.1, 0.15) is 17.2 Å². The van der Waals surface area contributed by atoms with Crippen molar-refractivity contribution >= 4 is 34.7 Å². The fourth-order valence-corrected chi connectivity index (χ4v) is 4.84. The van der Waals surface area contributed by atoms with Gasteiger partial charge in [0.2, 0.25) is 5.88 Å². The molecule has 0 amide bonds. The highest BCUT2D eigenvalue weighted by Crippen LogP contribution is 2.39. The quantitative estimate of drug-likeness (QED) is 0.418. The van der Waals surface area contributed by atoms with Gasteiger partial charge in [-0.05, 0) is 52.2 Å². The van der Waals surface area contributed by atoms with Crippen molar-refractivity contribution in [1.29, 1.82) is 0 Å². The Kier molecular flexibility index (Phi) is 5.71. The van der Waals surface area contributed by atoms with Crippen molar-refractivity contribution < 1.29 is 9.84 Å². The second-order valence-electron chi connectivity index (χ2n) is 6.23. The summed E-state index contributed by atoms with van der Waals surface area (Å²) in [6, 6.07) is 16.3. The molecular formula is C21H17ClN2O3S2. The van der Waals surface area contributed by atoms with Crippen LogP contribution in [0.15, 0.2) is 79.9 Å². The SMILES string of the molecule is COc1ccc(C(c2ccsc2)n2[nH]c(=O)c(Sc3ccccc3Cl)c2O)cc1. The summed E-state index contributed by atoms with van der Waals surface area (Å²) >= 11 is 8.91. The molecule has 0 bridgehead atoms. The first-order chi connectivity index (χ1) is 14.1. The van der Waals surface area contributed by atoms with Crippen LogP contribution in [-0.4, -0.2) is 22.0 Å². The van der Waals surface area contributed by atoms with Gasteiger partial charge in [0.25, 0.3) is 5.56 Å². The number of rotatable bonds is 6. The number of aromatic hydroxyl groups is 1. The van der Waals surface area contributed by atoms with Crippen LogP contribution in [0.5, 0.6) is 11.6 Å². The van der Waals surface area contributed by atoms with E-state index in [2.05, 4.69) is 5.10 Å². The number of ether oxygens (including phenoxy) is 1. The summed E-state index contributed by atoms with van der Waals surface area (Å²) in [6.07, 6.45) is 0. The van der Waals surface area contributed by atoms with Gasteiger partial charge in [-0.15, -0.1) is 0 Å². The summed E-state index contributed by atoms with van der Waals surface area (Å²) in [7, 11) is 1.61. The number of aromatic amines is 1. The Morgan fingerprint density at radius 2 is 1.90 bits per heavy atom. The van der Waals surface area contributed by atoms with E-state index in [9.17, 15) is 9.90 Å². The summed E-state index contributed by atoms with van der Waals surface area (Å²) in [6.45, 7) is 0. The Bertz CT molecular complexity index is 1170. The fourth-order valence-electron chi connectivity index (χ4n) is 3.05. The summed E-state index contributed by atoms with van der Waals surface area (Å²) in [5.74, 6) is 0.602. The van der Waals surface area contributed by atoms with Gasteiger partial charge in [-0.2, -0.15) is 11.3 Å². The molecule has 0 aliphatic rings. The van der Waals surface area contributed by atoms with E-state index in [-0.39, 0.29) is 22.4 Å². The van der Waals surface area contributed by atoms with Crippen LogP contribution in [-0.2, 0) is 0 Å². The molecule has 148 valence electrons. The molecule has 2 N–H and O–H groups in total. The predicted octanol–water partition coefficient (Wildman–Crippen LogP) is 5.39. The first kappa shape index (κ1) is 19.7. The molecule has 8 heteroatoms. The summed E-state index contributed by atoms with van der Waals surface area (Å²) in [4.78, 5) is 13.6. The van der Waals surface area contributed by atoms with Crippen molar-refractivity contribution in [1.82, 2.24) is 9.78 Å². The largest absolute Gasteiger partial charge is 0.497 e. The van der Waals surface area contributed by atoms with E-state index in [0.29, 0.717) is 9.92 Å². The maximum Gasteiger partial charge on any atom is 0.282 e. The third-order valence-corrected chi connectivity index (χ3v) is 6.75. The molecule has 2 aromatic carbocycles. The van der Waals surface area contributed by atoms with Gasteiger partial charge in [-0.25, -0.2) is 4.68 Å². The number of hydrogen-bond acceptors (Lipinski definition) is 5. The van der Waals surface area contributed by atoms with Gasteiger partial charge in [0.1, 0.15) is 16.7 Å². The molecule has 0 fully saturated rings. The highest BCUT2D eigenvalue weighted by molar-refractivity contribution is 7.99. The molecule has 2 heterocycles. The number of halogens is 1. The van der Waals surface area contributed by atoms with Gasteiger partial charge in [0, 0.05) is 4.90 Å². The van der Waals surface area contributed by atoms with E-state index < -0.39 is 0 Å². The lowest BCUT2D eigenvalue weighted by atomic mass is 10.0. The summed E-state index contributed by atoms with van der Waals surface area (Å²) < 4.78 is 6.73. The average Bonchev–Trinajstić information content (AvgIpc) is 3.35. The molecule has 0 radical (unpaired) electrons. The first-order valence-corrected chi connectivity index (χ1v) is 10.8. The van der Waals surface area contributed by atoms with E-state index in [0.717, 1.165) is 28.6 Å². The molecular weight excluding hydrogens is 428 g/mol. The van der Waals surface area contributed by atoms with Gasteiger partial charge in [-0.1, -0.05) is 47.6 Å². The zero-order valence-corrected chi connectivity index (χ0v) is 17.7. The minimum atomic E-state index is -0.388. The van der Waals surface area contributed by atoms with E-state index >= 15 is 0 Å². The van der Waals surface area contributed by atoms with Crippen molar-refractivity contribution in [3.05, 3.63) is 91.9 Å². The van der Waals surface area contributed by atoms with Crippen molar-refractivity contribution in [3.63, 3.8) is 0 Å². The maximum absolute atomic E-state index is 12.7. The van der Waals surface area contributed by atoms with Gasteiger partial charge in [0.15, 0.2) is 0 Å². The van der Waals surface area contributed by atoms with Crippen LogP contribution < -0.4 is 10.3 Å². The lowest BCUT2D eigenvalue weighted by Gasteiger charge is -2.19. The van der Waals surface area contributed by atoms with Gasteiger partial charge in [-0.3, -0.25) is 9.89 Å². The molecule has 4 aromatic rings. The number of hydrogen-bond donors (Lipinski definition) is 2. The van der Waals surface area contributed by atoms with Crippen LogP contribution in [0.3, 0.4) is 0 Å². The lowest BCUT2D eigenvalue weighted by Crippen LogP contribution is -2.15. The summed E-state index contributed by atoms with van der Waals surface area (Å²) in [5, 5.41) is 18.2. The second-order valence-corrected chi connectivity index (χ2v) is 8.47. The molecule has 0 aliphatic heterocycles. The average molecular weight is 445 g/mol. The van der Waals surface area contributed by atoms with Crippen molar-refractivity contribution in [2.45, 2.75) is 15.8 Å². The van der Waals surface area contributed by atoms with Crippen LogP contribution in [0.4, 0.5) is 0 Å². The van der Waals surface area contributed by atoms with E-state index in [1.807, 2.05) is 59.3 Å². The molecule has 2 aromatic heterocycles. The van der Waals surface area contributed by atoms with Crippen molar-refractivity contribution in [2.75, 3.05) is 7.11 Å². The van der Waals surface area contributed by atoms with E-state index in [1.54, 1.807) is 24.5 Å². The lowest BCUT2D eigenvalue weighted by molar-refractivity contribution is 0.384. The predicted molar refractivity (Wildman–Crippen MR) is 117 cm³/mol. The molecule has 29 heavy (non-hydrogen) atoms. The Morgan fingerprint density at radius 1 is 1.14 bits per heavy atom.